The maximum atomic E-state index is 12.1. The van der Waals surface area contributed by atoms with Gasteiger partial charge in [0.2, 0.25) is 0 Å². The van der Waals surface area contributed by atoms with E-state index in [-0.39, 0.29) is 5.91 Å². The normalized spacial score (nSPS) is 10.1. The zero-order valence-electron chi connectivity index (χ0n) is 9.64. The van der Waals surface area contributed by atoms with E-state index < -0.39 is 0 Å². The molecule has 0 aliphatic heterocycles. The van der Waals surface area contributed by atoms with E-state index in [9.17, 15) is 4.79 Å². The van der Waals surface area contributed by atoms with Gasteiger partial charge in [0.1, 0.15) is 5.75 Å². The highest BCUT2D eigenvalue weighted by atomic mass is 35.5. The molecule has 6 heteroatoms. The van der Waals surface area contributed by atoms with Crippen LogP contribution >= 0.6 is 22.9 Å². The SMILES string of the molecule is CCOc1cc(Cl)ccc1C(=O)Nc1nccs1. The zero-order chi connectivity index (χ0) is 13.0. The number of aromatic nitrogens is 1. The van der Waals surface area contributed by atoms with E-state index in [4.69, 9.17) is 16.3 Å². The summed E-state index contributed by atoms with van der Waals surface area (Å²) in [6, 6.07) is 4.92. The topological polar surface area (TPSA) is 51.2 Å². The second kappa shape index (κ2) is 5.84. The fraction of sp³-hybridized carbons (Fsp3) is 0.167. The van der Waals surface area contributed by atoms with Crippen molar-refractivity contribution in [3.63, 3.8) is 0 Å². The van der Waals surface area contributed by atoms with E-state index in [0.29, 0.717) is 28.1 Å². The lowest BCUT2D eigenvalue weighted by Crippen LogP contribution is -2.13. The first-order valence-corrected chi connectivity index (χ1v) is 6.59. The first-order chi connectivity index (χ1) is 8.70. The lowest BCUT2D eigenvalue weighted by atomic mass is 10.2. The van der Waals surface area contributed by atoms with Crippen LogP contribution in [0, 0.1) is 0 Å². The second-order valence-electron chi connectivity index (χ2n) is 3.36. The fourth-order valence-corrected chi connectivity index (χ4v) is 2.09. The van der Waals surface area contributed by atoms with Crippen molar-refractivity contribution < 1.29 is 9.53 Å². The van der Waals surface area contributed by atoms with E-state index >= 15 is 0 Å². The van der Waals surface area contributed by atoms with Crippen molar-refractivity contribution in [2.24, 2.45) is 0 Å². The van der Waals surface area contributed by atoms with Crippen LogP contribution in [-0.2, 0) is 0 Å². The predicted molar refractivity (Wildman–Crippen MR) is 72.7 cm³/mol. The Bertz CT molecular complexity index is 543. The van der Waals surface area contributed by atoms with Gasteiger partial charge >= 0.3 is 0 Å². The maximum absolute atomic E-state index is 12.1. The van der Waals surface area contributed by atoms with Crippen molar-refractivity contribution in [3.05, 3.63) is 40.4 Å². The Labute approximate surface area is 114 Å². The summed E-state index contributed by atoms with van der Waals surface area (Å²) in [7, 11) is 0. The molecule has 1 aromatic carbocycles. The Balaban J connectivity index is 2.23. The molecular formula is C12H11ClN2O2S. The molecule has 0 unspecified atom stereocenters. The number of amides is 1. The molecule has 0 aliphatic rings. The van der Waals surface area contributed by atoms with Crippen LogP contribution in [0.5, 0.6) is 5.75 Å². The summed E-state index contributed by atoms with van der Waals surface area (Å²) >= 11 is 7.24. The summed E-state index contributed by atoms with van der Waals surface area (Å²) in [5.74, 6) is 0.212. The number of ether oxygens (including phenoxy) is 1. The van der Waals surface area contributed by atoms with E-state index in [0.717, 1.165) is 0 Å². The Morgan fingerprint density at radius 1 is 1.56 bits per heavy atom. The summed E-state index contributed by atoms with van der Waals surface area (Å²) in [6.45, 7) is 2.32. The van der Waals surface area contributed by atoms with Crippen molar-refractivity contribution in [1.29, 1.82) is 0 Å². The molecule has 0 radical (unpaired) electrons. The van der Waals surface area contributed by atoms with Gasteiger partial charge in [0.25, 0.3) is 5.91 Å². The summed E-state index contributed by atoms with van der Waals surface area (Å²) in [5.41, 5.74) is 0.441. The standard InChI is InChI=1S/C12H11ClN2O2S/c1-2-17-10-7-8(13)3-4-9(10)11(16)15-12-14-5-6-18-12/h3-7H,2H2,1H3,(H,14,15,16). The molecule has 1 amide bonds. The van der Waals surface area contributed by atoms with Gasteiger partial charge in [-0.25, -0.2) is 4.98 Å². The van der Waals surface area contributed by atoms with E-state index in [1.54, 1.807) is 29.8 Å². The van der Waals surface area contributed by atoms with E-state index in [2.05, 4.69) is 10.3 Å². The number of thiazole rings is 1. The minimum Gasteiger partial charge on any atom is -0.493 e. The Morgan fingerprint density at radius 3 is 3.06 bits per heavy atom. The van der Waals surface area contributed by atoms with E-state index in [1.165, 1.54) is 11.3 Å². The van der Waals surface area contributed by atoms with Gasteiger partial charge < -0.3 is 4.74 Å². The molecule has 2 aromatic rings. The number of hydrogen-bond donors (Lipinski definition) is 1. The van der Waals surface area contributed by atoms with Gasteiger partial charge in [0.05, 0.1) is 12.2 Å². The van der Waals surface area contributed by atoms with Crippen LogP contribution < -0.4 is 10.1 Å². The number of carbonyl (C=O) groups excluding carboxylic acids is 1. The molecular weight excluding hydrogens is 272 g/mol. The van der Waals surface area contributed by atoms with Crippen molar-refractivity contribution in [2.45, 2.75) is 6.92 Å². The first-order valence-electron chi connectivity index (χ1n) is 5.34. The molecule has 0 saturated heterocycles. The van der Waals surface area contributed by atoms with Gasteiger partial charge in [-0.3, -0.25) is 10.1 Å². The molecule has 2 rings (SSSR count). The van der Waals surface area contributed by atoms with Gasteiger partial charge in [-0.05, 0) is 25.1 Å². The molecule has 1 heterocycles. The average Bonchev–Trinajstić information content (AvgIpc) is 2.82. The molecule has 0 bridgehead atoms. The van der Waals surface area contributed by atoms with E-state index in [1.807, 2.05) is 6.92 Å². The lowest BCUT2D eigenvalue weighted by Gasteiger charge is -2.09. The summed E-state index contributed by atoms with van der Waals surface area (Å²) < 4.78 is 5.40. The number of carbonyl (C=O) groups is 1. The number of anilines is 1. The number of nitrogens with zero attached hydrogens (tertiary/aromatic N) is 1. The van der Waals surface area contributed by atoms with Crippen molar-refractivity contribution in [2.75, 3.05) is 11.9 Å². The first kappa shape index (κ1) is 12.9. The molecule has 0 atom stereocenters. The molecule has 94 valence electrons. The molecule has 18 heavy (non-hydrogen) atoms. The van der Waals surface area contributed by atoms with Crippen LogP contribution in [0.4, 0.5) is 5.13 Å². The van der Waals surface area contributed by atoms with Crippen LogP contribution in [0.2, 0.25) is 5.02 Å². The van der Waals surface area contributed by atoms with Crippen molar-refractivity contribution in [3.8, 4) is 5.75 Å². The van der Waals surface area contributed by atoms with Crippen LogP contribution in [0.3, 0.4) is 0 Å². The largest absolute Gasteiger partial charge is 0.493 e. The third kappa shape index (κ3) is 3.00. The molecule has 0 aliphatic carbocycles. The second-order valence-corrected chi connectivity index (χ2v) is 4.70. The molecule has 0 saturated carbocycles. The molecule has 1 N–H and O–H groups in total. The average molecular weight is 283 g/mol. The Morgan fingerprint density at radius 2 is 2.39 bits per heavy atom. The highest BCUT2D eigenvalue weighted by molar-refractivity contribution is 7.13. The third-order valence-electron chi connectivity index (χ3n) is 2.14. The summed E-state index contributed by atoms with van der Waals surface area (Å²) in [6.07, 6.45) is 1.63. The number of nitrogens with one attached hydrogen (secondary N) is 1. The van der Waals surface area contributed by atoms with Crippen LogP contribution in [0.25, 0.3) is 0 Å². The molecule has 1 aromatic heterocycles. The minimum atomic E-state index is -0.259. The zero-order valence-corrected chi connectivity index (χ0v) is 11.2. The highest BCUT2D eigenvalue weighted by Crippen LogP contribution is 2.24. The smallest absolute Gasteiger partial charge is 0.261 e. The monoisotopic (exact) mass is 282 g/mol. The summed E-state index contributed by atoms with van der Waals surface area (Å²) in [4.78, 5) is 16.0. The van der Waals surface area contributed by atoms with Gasteiger partial charge in [-0.1, -0.05) is 11.6 Å². The Kier molecular flexibility index (Phi) is 4.17. The van der Waals surface area contributed by atoms with Crippen LogP contribution in [0.1, 0.15) is 17.3 Å². The predicted octanol–water partition coefficient (Wildman–Crippen LogP) is 3.45. The number of rotatable bonds is 4. The van der Waals surface area contributed by atoms with Crippen LogP contribution in [-0.4, -0.2) is 17.5 Å². The van der Waals surface area contributed by atoms with Crippen LogP contribution in [0.15, 0.2) is 29.8 Å². The number of halogens is 1. The van der Waals surface area contributed by atoms with Gasteiger partial charge in [0, 0.05) is 16.6 Å². The summed E-state index contributed by atoms with van der Waals surface area (Å²) in [5, 5.41) is 5.58. The molecule has 0 spiro atoms. The fourth-order valence-electron chi connectivity index (χ4n) is 1.41. The molecule has 4 nitrogen and oxygen atoms in total. The van der Waals surface area contributed by atoms with Crippen molar-refractivity contribution >= 4 is 34.0 Å². The van der Waals surface area contributed by atoms with Gasteiger partial charge in [-0.2, -0.15) is 0 Å². The van der Waals surface area contributed by atoms with Gasteiger partial charge in [-0.15, -0.1) is 11.3 Å². The lowest BCUT2D eigenvalue weighted by molar-refractivity contribution is 0.102. The Hall–Kier alpha value is -1.59. The maximum Gasteiger partial charge on any atom is 0.261 e. The van der Waals surface area contributed by atoms with Crippen molar-refractivity contribution in [1.82, 2.24) is 4.98 Å². The minimum absolute atomic E-state index is 0.259. The molecule has 0 fully saturated rings. The highest BCUT2D eigenvalue weighted by Gasteiger charge is 2.14. The third-order valence-corrected chi connectivity index (χ3v) is 3.06. The number of hydrogen-bond acceptors (Lipinski definition) is 4. The van der Waals surface area contributed by atoms with Gasteiger partial charge in [0.15, 0.2) is 5.13 Å². The quantitative estimate of drug-likeness (QED) is 0.934. The number of benzene rings is 1.